The van der Waals surface area contributed by atoms with E-state index in [0.29, 0.717) is 15.7 Å². The van der Waals surface area contributed by atoms with Crippen LogP contribution in [-0.4, -0.2) is 23.2 Å². The van der Waals surface area contributed by atoms with E-state index in [2.05, 4.69) is 15.9 Å². The zero-order chi connectivity index (χ0) is 13.4. The number of halogens is 1. The molecule has 2 rings (SSSR count). The second-order valence-electron chi connectivity index (χ2n) is 4.05. The first-order valence-electron chi connectivity index (χ1n) is 5.16. The van der Waals surface area contributed by atoms with Crippen molar-refractivity contribution >= 4 is 39.0 Å². The van der Waals surface area contributed by atoms with Crippen molar-refractivity contribution < 1.29 is 14.5 Å². The van der Waals surface area contributed by atoms with Gasteiger partial charge in [0.2, 0.25) is 5.91 Å². The van der Waals surface area contributed by atoms with E-state index in [0.717, 1.165) is 0 Å². The highest BCUT2D eigenvalue weighted by atomic mass is 79.9. The first kappa shape index (κ1) is 12.7. The molecule has 0 N–H and O–H groups in total. The van der Waals surface area contributed by atoms with Crippen molar-refractivity contribution in [2.24, 2.45) is 0 Å². The molecule has 1 amide bonds. The third kappa shape index (κ3) is 2.13. The van der Waals surface area contributed by atoms with E-state index in [1.54, 1.807) is 6.92 Å². The number of rotatable bonds is 2. The minimum absolute atomic E-state index is 0.0239. The third-order valence-corrected chi connectivity index (χ3v) is 3.31. The maximum Gasteiger partial charge on any atom is 0.270 e. The summed E-state index contributed by atoms with van der Waals surface area (Å²) in [5.41, 5.74) is 1.05. The molecule has 0 atom stereocenters. The number of anilines is 1. The van der Waals surface area contributed by atoms with Gasteiger partial charge < -0.3 is 4.90 Å². The third-order valence-electron chi connectivity index (χ3n) is 2.70. The Morgan fingerprint density at radius 2 is 2.06 bits per heavy atom. The summed E-state index contributed by atoms with van der Waals surface area (Å²) in [6.07, 6.45) is -0.108. The smallest absolute Gasteiger partial charge is 0.270 e. The van der Waals surface area contributed by atoms with E-state index in [1.165, 1.54) is 17.0 Å². The molecule has 18 heavy (non-hydrogen) atoms. The van der Waals surface area contributed by atoms with Crippen LogP contribution in [0.4, 0.5) is 11.4 Å². The van der Waals surface area contributed by atoms with Gasteiger partial charge in [0.05, 0.1) is 23.6 Å². The zero-order valence-corrected chi connectivity index (χ0v) is 11.1. The Balaban J connectivity index is 2.49. The lowest BCUT2D eigenvalue weighted by molar-refractivity contribution is -0.385. The van der Waals surface area contributed by atoms with Gasteiger partial charge >= 0.3 is 0 Å². The summed E-state index contributed by atoms with van der Waals surface area (Å²) in [4.78, 5) is 34.5. The Morgan fingerprint density at radius 1 is 1.39 bits per heavy atom. The van der Waals surface area contributed by atoms with Crippen LogP contribution in [0.25, 0.3) is 0 Å². The Hall–Kier alpha value is -1.76. The summed E-state index contributed by atoms with van der Waals surface area (Å²) in [6, 6.07) is 2.72. The average Bonchev–Trinajstić information content (AvgIpc) is 2.56. The van der Waals surface area contributed by atoms with E-state index < -0.39 is 4.92 Å². The van der Waals surface area contributed by atoms with E-state index in [9.17, 15) is 19.7 Å². The first-order chi connectivity index (χ1) is 8.40. The predicted molar refractivity (Wildman–Crippen MR) is 67.5 cm³/mol. The maximum atomic E-state index is 11.7. The number of carbonyl (C=O) groups excluding carboxylic acids is 2. The fraction of sp³-hybridized carbons (Fsp3) is 0.273. The van der Waals surface area contributed by atoms with Gasteiger partial charge in [0, 0.05) is 16.6 Å². The lowest BCUT2D eigenvalue weighted by atomic mass is 10.1. The number of benzene rings is 1. The number of aryl methyl sites for hydroxylation is 1. The molecule has 0 unspecified atom stereocenters. The Bertz CT molecular complexity index is 547. The second kappa shape index (κ2) is 4.49. The van der Waals surface area contributed by atoms with Gasteiger partial charge in [-0.3, -0.25) is 19.7 Å². The lowest BCUT2D eigenvalue weighted by Gasteiger charge is -2.19. The van der Waals surface area contributed by atoms with Crippen LogP contribution in [0.15, 0.2) is 16.6 Å². The van der Waals surface area contributed by atoms with Crippen LogP contribution in [0, 0.1) is 17.0 Å². The lowest BCUT2D eigenvalue weighted by Crippen LogP contribution is -2.25. The molecule has 0 radical (unpaired) electrons. The summed E-state index contributed by atoms with van der Waals surface area (Å²) in [6.45, 7) is 1.69. The van der Waals surface area contributed by atoms with Gasteiger partial charge in [-0.15, -0.1) is 0 Å². The van der Waals surface area contributed by atoms with Crippen LogP contribution in [0.1, 0.15) is 12.0 Å². The molecule has 7 heteroatoms. The molecule has 0 saturated carbocycles. The highest BCUT2D eigenvalue weighted by molar-refractivity contribution is 9.10. The van der Waals surface area contributed by atoms with Crippen molar-refractivity contribution in [1.29, 1.82) is 0 Å². The van der Waals surface area contributed by atoms with Crippen molar-refractivity contribution in [2.75, 3.05) is 11.4 Å². The van der Waals surface area contributed by atoms with Crippen LogP contribution in [0.3, 0.4) is 0 Å². The van der Waals surface area contributed by atoms with Gasteiger partial charge in [-0.2, -0.15) is 0 Å². The number of ketones is 1. The molecule has 0 spiro atoms. The molecule has 1 aromatic rings. The molecule has 1 fully saturated rings. The quantitative estimate of drug-likeness (QED) is 0.475. The molecule has 0 bridgehead atoms. The minimum Gasteiger partial charge on any atom is -0.303 e. The molecule has 1 aromatic carbocycles. The summed E-state index contributed by atoms with van der Waals surface area (Å²) in [7, 11) is 0. The van der Waals surface area contributed by atoms with E-state index in [1.807, 2.05) is 0 Å². The van der Waals surface area contributed by atoms with Crippen molar-refractivity contribution in [3.05, 3.63) is 32.3 Å². The summed E-state index contributed by atoms with van der Waals surface area (Å²) in [5, 5.41) is 10.7. The van der Waals surface area contributed by atoms with Crippen molar-refractivity contribution in [3.8, 4) is 0 Å². The number of hydrogen-bond acceptors (Lipinski definition) is 4. The van der Waals surface area contributed by atoms with Gasteiger partial charge in [-0.05, 0) is 28.4 Å². The van der Waals surface area contributed by atoms with E-state index >= 15 is 0 Å². The van der Waals surface area contributed by atoms with Crippen LogP contribution in [0.2, 0.25) is 0 Å². The second-order valence-corrected chi connectivity index (χ2v) is 4.90. The summed E-state index contributed by atoms with van der Waals surface area (Å²) in [5.74, 6) is -0.428. The van der Waals surface area contributed by atoms with Gasteiger partial charge in [0.15, 0.2) is 5.78 Å². The fourth-order valence-corrected chi connectivity index (χ4v) is 2.72. The number of carbonyl (C=O) groups is 2. The molecular weight excluding hydrogens is 304 g/mol. The number of nitro benzene ring substituents is 1. The normalized spacial score (nSPS) is 15.3. The molecule has 1 aliphatic heterocycles. The van der Waals surface area contributed by atoms with Crippen molar-refractivity contribution in [2.45, 2.75) is 13.3 Å². The topological polar surface area (TPSA) is 80.5 Å². The molecule has 1 heterocycles. The van der Waals surface area contributed by atoms with Crippen LogP contribution < -0.4 is 4.90 Å². The Kier molecular flexibility index (Phi) is 3.16. The number of nitro groups is 1. The van der Waals surface area contributed by atoms with E-state index in [4.69, 9.17) is 0 Å². The zero-order valence-electron chi connectivity index (χ0n) is 9.47. The highest BCUT2D eigenvalue weighted by Crippen LogP contribution is 2.35. The summed E-state index contributed by atoms with van der Waals surface area (Å²) >= 11 is 3.21. The number of nitrogens with zero attached hydrogens (tertiary/aromatic N) is 2. The van der Waals surface area contributed by atoms with Gasteiger partial charge in [0.25, 0.3) is 5.69 Å². The fourth-order valence-electron chi connectivity index (χ4n) is 1.95. The number of amides is 1. The molecule has 94 valence electrons. The molecule has 6 nitrogen and oxygen atoms in total. The number of non-ortho nitro benzene ring substituents is 1. The molecule has 1 aliphatic rings. The van der Waals surface area contributed by atoms with Crippen LogP contribution in [-0.2, 0) is 9.59 Å². The van der Waals surface area contributed by atoms with Gasteiger partial charge in [-0.25, -0.2) is 0 Å². The monoisotopic (exact) mass is 312 g/mol. The van der Waals surface area contributed by atoms with Crippen molar-refractivity contribution in [3.63, 3.8) is 0 Å². The van der Waals surface area contributed by atoms with Crippen LogP contribution in [0.5, 0.6) is 0 Å². The number of hydrogen-bond donors (Lipinski definition) is 0. The Morgan fingerprint density at radius 3 is 2.50 bits per heavy atom. The minimum atomic E-state index is -0.501. The number of Topliss-reactive ketones (excluding diaryl/α,β-unsaturated/α-hetero) is 1. The highest BCUT2D eigenvalue weighted by Gasteiger charge is 2.31. The molecule has 1 saturated heterocycles. The first-order valence-corrected chi connectivity index (χ1v) is 5.96. The average molecular weight is 313 g/mol. The molecule has 0 aromatic heterocycles. The Labute approximate surface area is 111 Å². The standard InChI is InChI=1S/C11H9BrN2O4/c1-6-2-7(14(17)18)3-9(12)11(6)13-5-8(15)4-10(13)16/h2-3H,4-5H2,1H3. The van der Waals surface area contributed by atoms with Crippen LogP contribution >= 0.6 is 15.9 Å². The largest absolute Gasteiger partial charge is 0.303 e. The summed E-state index contributed by atoms with van der Waals surface area (Å²) < 4.78 is 0.442. The molecule has 0 aliphatic carbocycles. The molecular formula is C11H9BrN2O4. The van der Waals surface area contributed by atoms with Gasteiger partial charge in [0.1, 0.15) is 0 Å². The SMILES string of the molecule is Cc1cc([N+](=O)[O-])cc(Br)c1N1CC(=O)CC1=O. The predicted octanol–water partition coefficient (Wildman–Crippen LogP) is 1.97. The van der Waals surface area contributed by atoms with Crippen molar-refractivity contribution in [1.82, 2.24) is 0 Å². The van der Waals surface area contributed by atoms with E-state index in [-0.39, 0.29) is 30.3 Å². The van der Waals surface area contributed by atoms with Gasteiger partial charge in [-0.1, -0.05) is 0 Å². The maximum absolute atomic E-state index is 11.7.